The molecular formula is C23H28N4O4. The Bertz CT molecular complexity index is 930. The second-order valence-electron chi connectivity index (χ2n) is 8.00. The molecule has 0 radical (unpaired) electrons. The Hall–Kier alpha value is -3.13. The van der Waals surface area contributed by atoms with Gasteiger partial charge in [0.1, 0.15) is 17.9 Å². The second kappa shape index (κ2) is 9.34. The number of hydrogen-bond acceptors (Lipinski definition) is 5. The number of benzene rings is 1. The molecular weight excluding hydrogens is 396 g/mol. The summed E-state index contributed by atoms with van der Waals surface area (Å²) in [5.41, 5.74) is 2.96. The number of aromatic nitrogens is 1. The number of anilines is 1. The molecule has 1 aromatic carbocycles. The van der Waals surface area contributed by atoms with Crippen molar-refractivity contribution in [2.75, 3.05) is 38.2 Å². The van der Waals surface area contributed by atoms with Crippen molar-refractivity contribution in [1.29, 1.82) is 0 Å². The lowest BCUT2D eigenvalue weighted by molar-refractivity contribution is -0.139. The van der Waals surface area contributed by atoms with Crippen molar-refractivity contribution in [3.63, 3.8) is 0 Å². The minimum atomic E-state index is -0.577. The first kappa shape index (κ1) is 21.1. The largest absolute Gasteiger partial charge is 0.487 e. The van der Waals surface area contributed by atoms with Gasteiger partial charge < -0.3 is 24.6 Å². The van der Waals surface area contributed by atoms with E-state index in [0.29, 0.717) is 50.7 Å². The number of amides is 3. The van der Waals surface area contributed by atoms with Crippen LogP contribution in [0.4, 0.5) is 10.5 Å². The first-order chi connectivity index (χ1) is 15.0. The van der Waals surface area contributed by atoms with E-state index in [1.165, 1.54) is 0 Å². The van der Waals surface area contributed by atoms with E-state index in [1.54, 1.807) is 28.3 Å². The van der Waals surface area contributed by atoms with E-state index < -0.39 is 6.04 Å². The molecule has 0 saturated carbocycles. The molecule has 0 unspecified atom stereocenters. The van der Waals surface area contributed by atoms with Gasteiger partial charge in [0.2, 0.25) is 5.91 Å². The van der Waals surface area contributed by atoms with Crippen LogP contribution in [0.2, 0.25) is 0 Å². The van der Waals surface area contributed by atoms with Gasteiger partial charge in [-0.25, -0.2) is 4.79 Å². The van der Waals surface area contributed by atoms with Crippen LogP contribution in [0.3, 0.4) is 0 Å². The summed E-state index contributed by atoms with van der Waals surface area (Å²) in [6.07, 6.45) is 3.46. The van der Waals surface area contributed by atoms with E-state index in [0.717, 1.165) is 11.1 Å². The molecule has 31 heavy (non-hydrogen) atoms. The Morgan fingerprint density at radius 3 is 2.68 bits per heavy atom. The third-order valence-corrected chi connectivity index (χ3v) is 5.83. The first-order valence-corrected chi connectivity index (χ1v) is 10.6. The zero-order chi connectivity index (χ0) is 21.8. The van der Waals surface area contributed by atoms with Crippen LogP contribution >= 0.6 is 0 Å². The number of carbonyl (C=O) groups excluding carboxylic acids is 2. The van der Waals surface area contributed by atoms with Crippen LogP contribution < -0.4 is 10.1 Å². The third-order valence-electron chi connectivity index (χ3n) is 5.83. The fraction of sp³-hybridized carbons (Fsp3) is 0.435. The number of rotatable bonds is 4. The third kappa shape index (κ3) is 4.96. The van der Waals surface area contributed by atoms with Gasteiger partial charge in [0.15, 0.2) is 0 Å². The Balaban J connectivity index is 1.51. The number of carbonyl (C=O) groups is 2. The summed E-state index contributed by atoms with van der Waals surface area (Å²) in [7, 11) is 0. The normalized spacial score (nSPS) is 21.1. The zero-order valence-electron chi connectivity index (χ0n) is 17.9. The van der Waals surface area contributed by atoms with Crippen molar-refractivity contribution in [2.45, 2.75) is 32.4 Å². The quantitative estimate of drug-likeness (QED) is 0.816. The molecule has 3 heterocycles. The molecule has 8 nitrogen and oxygen atoms in total. The van der Waals surface area contributed by atoms with Crippen molar-refractivity contribution in [2.24, 2.45) is 0 Å². The Morgan fingerprint density at radius 1 is 1.16 bits per heavy atom. The molecule has 2 fully saturated rings. The average molecular weight is 425 g/mol. The molecule has 1 aromatic heterocycles. The standard InChI is InChI=1S/C23H28N4O4/c1-16-5-6-18(12-17(16)2)25-23(29)27-15-20(31-19-4-3-7-24-14-19)13-21(27)22(28)26-8-10-30-11-9-26/h3-7,12,14,20-21H,8-11,13,15H2,1-2H3,(H,25,29)/t20-,21-/m0/s1. The Kier molecular flexibility index (Phi) is 6.36. The average Bonchev–Trinajstić information content (AvgIpc) is 3.21. The molecule has 2 aliphatic heterocycles. The Morgan fingerprint density at radius 2 is 1.97 bits per heavy atom. The molecule has 0 spiro atoms. The molecule has 3 amide bonds. The van der Waals surface area contributed by atoms with Gasteiger partial charge in [-0.15, -0.1) is 0 Å². The highest BCUT2D eigenvalue weighted by Crippen LogP contribution is 2.26. The van der Waals surface area contributed by atoms with Gasteiger partial charge in [0.25, 0.3) is 0 Å². The van der Waals surface area contributed by atoms with Crippen LogP contribution in [0.1, 0.15) is 17.5 Å². The minimum Gasteiger partial charge on any atom is -0.487 e. The molecule has 164 valence electrons. The smallest absolute Gasteiger partial charge is 0.322 e. The van der Waals surface area contributed by atoms with Crippen LogP contribution in [0.5, 0.6) is 5.75 Å². The summed E-state index contributed by atoms with van der Waals surface area (Å²) in [5, 5.41) is 2.95. The van der Waals surface area contributed by atoms with E-state index in [-0.39, 0.29) is 18.0 Å². The SMILES string of the molecule is Cc1ccc(NC(=O)N2C[C@@H](Oc3cccnc3)C[C@H]2C(=O)N2CCOCC2)cc1C. The summed E-state index contributed by atoms with van der Waals surface area (Å²) >= 11 is 0. The maximum absolute atomic E-state index is 13.2. The fourth-order valence-corrected chi connectivity index (χ4v) is 3.96. The lowest BCUT2D eigenvalue weighted by Crippen LogP contribution is -2.51. The molecule has 2 atom stereocenters. The predicted molar refractivity (Wildman–Crippen MR) is 116 cm³/mol. The topological polar surface area (TPSA) is 84.0 Å². The van der Waals surface area contributed by atoms with Gasteiger partial charge in [0.05, 0.1) is 26.0 Å². The highest BCUT2D eigenvalue weighted by Gasteiger charge is 2.42. The highest BCUT2D eigenvalue weighted by molar-refractivity contribution is 5.94. The molecule has 0 aliphatic carbocycles. The lowest BCUT2D eigenvalue weighted by Gasteiger charge is -2.32. The molecule has 2 aliphatic rings. The number of ether oxygens (including phenoxy) is 2. The number of nitrogens with one attached hydrogen (secondary N) is 1. The van der Waals surface area contributed by atoms with Crippen molar-refractivity contribution in [3.8, 4) is 5.75 Å². The van der Waals surface area contributed by atoms with Crippen LogP contribution in [0, 0.1) is 13.8 Å². The van der Waals surface area contributed by atoms with Crippen LogP contribution in [-0.4, -0.2) is 71.7 Å². The summed E-state index contributed by atoms with van der Waals surface area (Å²) in [5.74, 6) is 0.567. The van der Waals surface area contributed by atoms with Crippen LogP contribution in [0.15, 0.2) is 42.7 Å². The van der Waals surface area contributed by atoms with Gasteiger partial charge in [0, 0.05) is 31.4 Å². The number of nitrogens with zero attached hydrogens (tertiary/aromatic N) is 3. The lowest BCUT2D eigenvalue weighted by atomic mass is 10.1. The van der Waals surface area contributed by atoms with Gasteiger partial charge >= 0.3 is 6.03 Å². The maximum Gasteiger partial charge on any atom is 0.322 e. The minimum absolute atomic E-state index is 0.0594. The van der Waals surface area contributed by atoms with Crippen LogP contribution in [0.25, 0.3) is 0 Å². The van der Waals surface area contributed by atoms with Gasteiger partial charge in [-0.2, -0.15) is 0 Å². The summed E-state index contributed by atoms with van der Waals surface area (Å²) in [6.45, 7) is 6.46. The number of hydrogen-bond donors (Lipinski definition) is 1. The number of morpholine rings is 1. The molecule has 2 aromatic rings. The predicted octanol–water partition coefficient (Wildman–Crippen LogP) is 2.61. The monoisotopic (exact) mass is 424 g/mol. The van der Waals surface area contributed by atoms with E-state index in [9.17, 15) is 9.59 Å². The molecule has 1 N–H and O–H groups in total. The number of urea groups is 1. The summed E-state index contributed by atoms with van der Waals surface area (Å²) < 4.78 is 11.4. The molecule has 8 heteroatoms. The zero-order valence-corrected chi connectivity index (χ0v) is 17.9. The first-order valence-electron chi connectivity index (χ1n) is 10.6. The van der Waals surface area contributed by atoms with Crippen LogP contribution in [-0.2, 0) is 9.53 Å². The van der Waals surface area contributed by atoms with E-state index in [2.05, 4.69) is 10.3 Å². The number of aryl methyl sites for hydroxylation is 2. The van der Waals surface area contributed by atoms with Crippen molar-refractivity contribution < 1.29 is 19.1 Å². The fourth-order valence-electron chi connectivity index (χ4n) is 3.96. The van der Waals surface area contributed by atoms with Gasteiger partial charge in [-0.3, -0.25) is 9.78 Å². The molecule has 4 rings (SSSR count). The van der Waals surface area contributed by atoms with Gasteiger partial charge in [-0.05, 0) is 49.2 Å². The Labute approximate surface area is 182 Å². The van der Waals surface area contributed by atoms with Gasteiger partial charge in [-0.1, -0.05) is 6.07 Å². The van der Waals surface area contributed by atoms with Crippen molar-refractivity contribution >= 4 is 17.6 Å². The highest BCUT2D eigenvalue weighted by atomic mass is 16.5. The van der Waals surface area contributed by atoms with E-state index in [1.807, 2.05) is 38.1 Å². The van der Waals surface area contributed by atoms with Crippen molar-refractivity contribution in [1.82, 2.24) is 14.8 Å². The molecule has 2 saturated heterocycles. The molecule has 0 bridgehead atoms. The van der Waals surface area contributed by atoms with Crippen molar-refractivity contribution in [3.05, 3.63) is 53.9 Å². The van der Waals surface area contributed by atoms with E-state index >= 15 is 0 Å². The number of likely N-dealkylation sites (tertiary alicyclic amines) is 1. The maximum atomic E-state index is 13.2. The second-order valence-corrected chi connectivity index (χ2v) is 8.00. The number of pyridine rings is 1. The summed E-state index contributed by atoms with van der Waals surface area (Å²) in [4.78, 5) is 33.8. The van der Waals surface area contributed by atoms with E-state index in [4.69, 9.17) is 9.47 Å². The summed E-state index contributed by atoms with van der Waals surface area (Å²) in [6, 6.07) is 8.52.